The van der Waals surface area contributed by atoms with Crippen molar-refractivity contribution in [2.45, 2.75) is 26.4 Å². The summed E-state index contributed by atoms with van der Waals surface area (Å²) >= 11 is 1.72. The number of hydrogen-bond donors (Lipinski definition) is 1. The van der Waals surface area contributed by atoms with E-state index in [2.05, 4.69) is 22.2 Å². The summed E-state index contributed by atoms with van der Waals surface area (Å²) < 4.78 is 5.25. The van der Waals surface area contributed by atoms with Gasteiger partial charge in [0.15, 0.2) is 0 Å². The fourth-order valence-corrected chi connectivity index (χ4v) is 3.44. The number of carbonyl (C=O) groups is 1. The molecule has 0 bridgehead atoms. The number of carbonyl (C=O) groups excluding carboxylic acids is 1. The lowest BCUT2D eigenvalue weighted by atomic mass is 10.2. The first kappa shape index (κ1) is 21.9. The SMILES string of the molecule is CCc1nc(CN2CCN(C(=O)c3coc(CN)c3)CC2)cs1.Cl.Cl. The summed E-state index contributed by atoms with van der Waals surface area (Å²) in [5, 5.41) is 3.32. The molecular weight excluding hydrogens is 383 g/mol. The van der Waals surface area contributed by atoms with Gasteiger partial charge in [0.1, 0.15) is 12.0 Å². The van der Waals surface area contributed by atoms with Crippen LogP contribution in [0.2, 0.25) is 0 Å². The number of amides is 1. The molecule has 1 amide bonds. The smallest absolute Gasteiger partial charge is 0.257 e. The van der Waals surface area contributed by atoms with Crippen molar-refractivity contribution in [3.63, 3.8) is 0 Å². The van der Waals surface area contributed by atoms with E-state index in [-0.39, 0.29) is 30.7 Å². The second kappa shape index (κ2) is 10.1. The summed E-state index contributed by atoms with van der Waals surface area (Å²) in [4.78, 5) is 21.3. The standard InChI is InChI=1S/C16H22N4O2S.2ClH/c1-2-15-18-13(11-23-15)9-19-3-5-20(6-4-19)16(21)12-7-14(8-17)22-10-12;;/h7,10-11H,2-6,8-9,17H2,1H3;2*1H. The number of furan rings is 1. The molecule has 0 aromatic carbocycles. The molecule has 1 fully saturated rings. The summed E-state index contributed by atoms with van der Waals surface area (Å²) in [6, 6.07) is 1.73. The third-order valence-electron chi connectivity index (χ3n) is 4.05. The molecule has 0 unspecified atom stereocenters. The lowest BCUT2D eigenvalue weighted by Gasteiger charge is -2.34. The molecule has 140 valence electrons. The van der Waals surface area contributed by atoms with E-state index in [0.717, 1.165) is 44.8 Å². The largest absolute Gasteiger partial charge is 0.467 e. The van der Waals surface area contributed by atoms with Crippen molar-refractivity contribution in [3.05, 3.63) is 39.7 Å². The van der Waals surface area contributed by atoms with Crippen LogP contribution in [-0.2, 0) is 19.5 Å². The topological polar surface area (TPSA) is 75.6 Å². The molecule has 2 N–H and O–H groups in total. The van der Waals surface area contributed by atoms with Crippen LogP contribution in [-0.4, -0.2) is 46.9 Å². The van der Waals surface area contributed by atoms with Gasteiger partial charge in [-0.15, -0.1) is 36.2 Å². The van der Waals surface area contributed by atoms with Gasteiger partial charge in [0.25, 0.3) is 5.91 Å². The van der Waals surface area contributed by atoms with E-state index in [1.807, 2.05) is 4.90 Å². The summed E-state index contributed by atoms with van der Waals surface area (Å²) in [7, 11) is 0. The number of rotatable bonds is 5. The number of aryl methyl sites for hydroxylation is 1. The van der Waals surface area contributed by atoms with Gasteiger partial charge in [0.2, 0.25) is 0 Å². The zero-order chi connectivity index (χ0) is 16.2. The first-order valence-corrected chi connectivity index (χ1v) is 8.80. The highest BCUT2D eigenvalue weighted by atomic mass is 35.5. The molecule has 0 atom stereocenters. The summed E-state index contributed by atoms with van der Waals surface area (Å²) in [6.07, 6.45) is 2.49. The third-order valence-corrected chi connectivity index (χ3v) is 5.09. The number of hydrogen-bond acceptors (Lipinski definition) is 6. The highest BCUT2D eigenvalue weighted by molar-refractivity contribution is 7.09. The van der Waals surface area contributed by atoms with Gasteiger partial charge in [-0.1, -0.05) is 6.92 Å². The number of thiazole rings is 1. The van der Waals surface area contributed by atoms with Gasteiger partial charge in [-0.25, -0.2) is 4.98 Å². The maximum atomic E-state index is 12.4. The third kappa shape index (κ3) is 5.43. The summed E-state index contributed by atoms with van der Waals surface area (Å²) in [5.41, 5.74) is 7.24. The minimum atomic E-state index is 0. The Balaban J connectivity index is 0.00000156. The number of piperazine rings is 1. The molecule has 0 aliphatic carbocycles. The molecule has 1 aliphatic rings. The normalized spacial score (nSPS) is 14.7. The van der Waals surface area contributed by atoms with E-state index >= 15 is 0 Å². The Morgan fingerprint density at radius 3 is 2.60 bits per heavy atom. The van der Waals surface area contributed by atoms with Crippen LogP contribution in [0.15, 0.2) is 22.1 Å². The highest BCUT2D eigenvalue weighted by Gasteiger charge is 2.23. The molecule has 0 spiro atoms. The Morgan fingerprint density at radius 2 is 2.04 bits per heavy atom. The van der Waals surface area contributed by atoms with Crippen LogP contribution in [0.25, 0.3) is 0 Å². The van der Waals surface area contributed by atoms with Crippen LogP contribution in [0.3, 0.4) is 0 Å². The van der Waals surface area contributed by atoms with Crippen LogP contribution >= 0.6 is 36.2 Å². The van der Waals surface area contributed by atoms with Crippen molar-refractivity contribution >= 4 is 42.1 Å². The van der Waals surface area contributed by atoms with Crippen LogP contribution in [0, 0.1) is 0 Å². The van der Waals surface area contributed by atoms with Crippen LogP contribution < -0.4 is 5.73 Å². The van der Waals surface area contributed by atoms with Gasteiger partial charge >= 0.3 is 0 Å². The average molecular weight is 407 g/mol. The Kier molecular flexibility index (Phi) is 8.88. The van der Waals surface area contributed by atoms with E-state index in [9.17, 15) is 4.79 Å². The van der Waals surface area contributed by atoms with Gasteiger partial charge < -0.3 is 15.1 Å². The van der Waals surface area contributed by atoms with Crippen LogP contribution in [0.4, 0.5) is 0 Å². The molecule has 1 aliphatic heterocycles. The van der Waals surface area contributed by atoms with E-state index < -0.39 is 0 Å². The minimum absolute atomic E-state index is 0. The molecule has 0 saturated carbocycles. The van der Waals surface area contributed by atoms with Gasteiger partial charge in [0, 0.05) is 38.1 Å². The Hall–Kier alpha value is -1.12. The second-order valence-corrected chi connectivity index (χ2v) is 6.60. The number of halogens is 2. The van der Waals surface area contributed by atoms with E-state index in [4.69, 9.17) is 10.2 Å². The van der Waals surface area contributed by atoms with Crippen LogP contribution in [0.1, 0.15) is 33.7 Å². The second-order valence-electron chi connectivity index (χ2n) is 5.66. The van der Waals surface area contributed by atoms with E-state index in [1.165, 1.54) is 11.3 Å². The Labute approximate surface area is 164 Å². The Bertz CT molecular complexity index is 669. The number of aromatic nitrogens is 1. The molecule has 0 radical (unpaired) electrons. The predicted octanol–water partition coefficient (Wildman–Crippen LogP) is 2.56. The first-order valence-electron chi connectivity index (χ1n) is 7.92. The van der Waals surface area contributed by atoms with Crippen molar-refractivity contribution in [2.24, 2.45) is 5.73 Å². The average Bonchev–Trinajstić information content (AvgIpc) is 3.24. The van der Waals surface area contributed by atoms with Crippen molar-refractivity contribution in [1.82, 2.24) is 14.8 Å². The molecule has 3 heterocycles. The minimum Gasteiger partial charge on any atom is -0.467 e. The number of nitrogens with zero attached hydrogens (tertiary/aromatic N) is 3. The monoisotopic (exact) mass is 406 g/mol. The van der Waals surface area contributed by atoms with E-state index in [0.29, 0.717) is 17.9 Å². The van der Waals surface area contributed by atoms with Crippen LogP contribution in [0.5, 0.6) is 0 Å². The quantitative estimate of drug-likeness (QED) is 0.825. The fraction of sp³-hybridized carbons (Fsp3) is 0.500. The maximum Gasteiger partial charge on any atom is 0.257 e. The van der Waals surface area contributed by atoms with Gasteiger partial charge in [-0.05, 0) is 12.5 Å². The lowest BCUT2D eigenvalue weighted by molar-refractivity contribution is 0.0626. The first-order chi connectivity index (χ1) is 11.2. The zero-order valence-corrected chi connectivity index (χ0v) is 16.6. The molecule has 1 saturated heterocycles. The van der Waals surface area contributed by atoms with E-state index in [1.54, 1.807) is 17.4 Å². The molecule has 25 heavy (non-hydrogen) atoms. The summed E-state index contributed by atoms with van der Waals surface area (Å²) in [5.74, 6) is 0.664. The maximum absolute atomic E-state index is 12.4. The molecule has 3 rings (SSSR count). The highest BCUT2D eigenvalue weighted by Crippen LogP contribution is 2.15. The van der Waals surface area contributed by atoms with Gasteiger partial charge in [-0.2, -0.15) is 0 Å². The molecule has 9 heteroatoms. The predicted molar refractivity (Wildman–Crippen MR) is 104 cm³/mol. The lowest BCUT2D eigenvalue weighted by Crippen LogP contribution is -2.48. The molecular formula is C16H24Cl2N4O2S. The van der Waals surface area contributed by atoms with Crippen molar-refractivity contribution in [3.8, 4) is 0 Å². The summed E-state index contributed by atoms with van der Waals surface area (Å²) in [6.45, 7) is 6.49. The zero-order valence-electron chi connectivity index (χ0n) is 14.1. The molecule has 2 aromatic rings. The molecule has 2 aromatic heterocycles. The van der Waals surface area contributed by atoms with Crippen molar-refractivity contribution in [2.75, 3.05) is 26.2 Å². The molecule has 6 nitrogen and oxygen atoms in total. The fourth-order valence-electron chi connectivity index (χ4n) is 2.70. The van der Waals surface area contributed by atoms with Crippen molar-refractivity contribution in [1.29, 1.82) is 0 Å². The number of nitrogens with two attached hydrogens (primary N) is 1. The Morgan fingerprint density at radius 1 is 1.32 bits per heavy atom. The van der Waals surface area contributed by atoms with Gasteiger partial charge in [-0.3, -0.25) is 9.69 Å². The van der Waals surface area contributed by atoms with Gasteiger partial charge in [0.05, 0.1) is 22.8 Å². The van der Waals surface area contributed by atoms with Crippen molar-refractivity contribution < 1.29 is 9.21 Å².